The quantitative estimate of drug-likeness (QED) is 0.874. The molecule has 0 aliphatic carbocycles. The Hall–Kier alpha value is -1.96. The van der Waals surface area contributed by atoms with Gasteiger partial charge in [0.05, 0.1) is 10.9 Å². The predicted molar refractivity (Wildman–Crippen MR) is 106 cm³/mol. The lowest BCUT2D eigenvalue weighted by Crippen LogP contribution is -2.44. The highest BCUT2D eigenvalue weighted by Crippen LogP contribution is 2.39. The summed E-state index contributed by atoms with van der Waals surface area (Å²) in [6.07, 6.45) is 3.50. The van der Waals surface area contributed by atoms with Gasteiger partial charge in [0.1, 0.15) is 5.82 Å². The molecule has 0 saturated carbocycles. The molecule has 2 aliphatic rings. The van der Waals surface area contributed by atoms with E-state index < -0.39 is 10.0 Å². The molecule has 1 N–H and O–H groups in total. The fourth-order valence-electron chi connectivity index (χ4n) is 3.99. The summed E-state index contributed by atoms with van der Waals surface area (Å²) >= 11 is 0. The summed E-state index contributed by atoms with van der Waals surface area (Å²) in [5.74, 6) is 0.926. The minimum atomic E-state index is -3.53. The number of hydrogen-bond donors (Lipinski definition) is 1. The lowest BCUT2D eigenvalue weighted by atomic mass is 10.1. The van der Waals surface area contributed by atoms with Gasteiger partial charge in [-0.05, 0) is 38.0 Å². The van der Waals surface area contributed by atoms with Crippen LogP contribution in [-0.4, -0.2) is 50.4 Å². The van der Waals surface area contributed by atoms with E-state index >= 15 is 0 Å². The van der Waals surface area contributed by atoms with Crippen molar-refractivity contribution in [3.05, 3.63) is 53.7 Å². The van der Waals surface area contributed by atoms with E-state index in [9.17, 15) is 8.42 Å². The minimum Gasteiger partial charge on any atom is -0.354 e. The Morgan fingerprint density at radius 3 is 2.56 bits per heavy atom. The molecule has 3 heterocycles. The van der Waals surface area contributed by atoms with Crippen LogP contribution in [0.25, 0.3) is 0 Å². The highest BCUT2D eigenvalue weighted by atomic mass is 32.2. The Kier molecular flexibility index (Phi) is 5.16. The van der Waals surface area contributed by atoms with Gasteiger partial charge in [-0.15, -0.1) is 0 Å². The van der Waals surface area contributed by atoms with E-state index in [2.05, 4.69) is 15.2 Å². The molecule has 7 heteroatoms. The molecular weight excluding hydrogens is 360 g/mol. The van der Waals surface area contributed by atoms with Gasteiger partial charge >= 0.3 is 0 Å². The average Bonchev–Trinajstić information content (AvgIpc) is 3.20. The summed E-state index contributed by atoms with van der Waals surface area (Å²) in [6, 6.07) is 10.9. The molecule has 2 aromatic rings. The van der Waals surface area contributed by atoms with E-state index in [4.69, 9.17) is 0 Å². The van der Waals surface area contributed by atoms with Crippen molar-refractivity contribution in [2.75, 3.05) is 37.6 Å². The predicted octanol–water partition coefficient (Wildman–Crippen LogP) is 2.33. The fraction of sp³-hybridized carbons (Fsp3) is 0.450. The summed E-state index contributed by atoms with van der Waals surface area (Å²) in [5, 5.41) is 3.36. The Bertz CT molecular complexity index is 892. The molecule has 144 valence electrons. The molecule has 1 atom stereocenters. The molecule has 6 nitrogen and oxygen atoms in total. The number of benzene rings is 1. The van der Waals surface area contributed by atoms with Crippen LogP contribution in [0.3, 0.4) is 0 Å². The van der Waals surface area contributed by atoms with E-state index in [1.54, 1.807) is 22.6 Å². The second-order valence-electron chi connectivity index (χ2n) is 7.24. The van der Waals surface area contributed by atoms with Crippen LogP contribution >= 0.6 is 0 Å². The SMILES string of the molecule is Cc1ccc(S(=O)(=O)N2CCC[C@H]2c2cccnc2N2CCNCC2)cc1. The van der Waals surface area contributed by atoms with Gasteiger partial charge in [-0.25, -0.2) is 13.4 Å². The van der Waals surface area contributed by atoms with Crippen molar-refractivity contribution >= 4 is 15.8 Å². The highest BCUT2D eigenvalue weighted by molar-refractivity contribution is 7.89. The lowest BCUT2D eigenvalue weighted by Gasteiger charge is -2.32. The van der Waals surface area contributed by atoms with E-state index in [1.807, 2.05) is 31.2 Å². The second-order valence-corrected chi connectivity index (χ2v) is 9.13. The van der Waals surface area contributed by atoms with Crippen molar-refractivity contribution in [3.63, 3.8) is 0 Å². The summed E-state index contributed by atoms with van der Waals surface area (Å²) < 4.78 is 28.3. The molecule has 27 heavy (non-hydrogen) atoms. The number of piperazine rings is 1. The fourth-order valence-corrected chi connectivity index (χ4v) is 5.67. The normalized spacial score (nSPS) is 21.5. The smallest absolute Gasteiger partial charge is 0.243 e. The van der Waals surface area contributed by atoms with Crippen molar-refractivity contribution < 1.29 is 8.42 Å². The molecule has 0 radical (unpaired) electrons. The van der Waals surface area contributed by atoms with Crippen LogP contribution in [0.1, 0.15) is 30.0 Å². The molecule has 2 aliphatic heterocycles. The molecule has 0 amide bonds. The Morgan fingerprint density at radius 1 is 1.07 bits per heavy atom. The molecule has 0 bridgehead atoms. The van der Waals surface area contributed by atoms with Gasteiger partial charge in [-0.1, -0.05) is 23.8 Å². The van der Waals surface area contributed by atoms with Crippen molar-refractivity contribution in [2.24, 2.45) is 0 Å². The molecule has 0 spiro atoms. The molecule has 0 unspecified atom stereocenters. The van der Waals surface area contributed by atoms with Gasteiger partial charge in [0.2, 0.25) is 10.0 Å². The van der Waals surface area contributed by atoms with E-state index in [1.165, 1.54) is 0 Å². The third-order valence-corrected chi connectivity index (χ3v) is 7.35. The molecule has 1 aromatic heterocycles. The van der Waals surface area contributed by atoms with Crippen molar-refractivity contribution in [2.45, 2.75) is 30.7 Å². The number of aromatic nitrogens is 1. The number of nitrogens with zero attached hydrogens (tertiary/aromatic N) is 3. The Balaban J connectivity index is 1.69. The van der Waals surface area contributed by atoms with Gasteiger partial charge in [-0.2, -0.15) is 4.31 Å². The van der Waals surface area contributed by atoms with E-state index in [0.717, 1.165) is 56.0 Å². The summed E-state index contributed by atoms with van der Waals surface area (Å²) in [5.41, 5.74) is 2.08. The van der Waals surface area contributed by atoms with Gasteiger partial charge in [0, 0.05) is 44.5 Å². The van der Waals surface area contributed by atoms with Crippen molar-refractivity contribution in [1.82, 2.24) is 14.6 Å². The second kappa shape index (κ2) is 7.58. The Morgan fingerprint density at radius 2 is 1.81 bits per heavy atom. The van der Waals surface area contributed by atoms with Crippen LogP contribution in [0.2, 0.25) is 0 Å². The minimum absolute atomic E-state index is 0.158. The van der Waals surface area contributed by atoms with Gasteiger partial charge in [0.15, 0.2) is 0 Å². The maximum atomic E-state index is 13.3. The zero-order valence-electron chi connectivity index (χ0n) is 15.6. The first-order valence-corrected chi connectivity index (χ1v) is 11.0. The van der Waals surface area contributed by atoms with E-state index in [0.29, 0.717) is 11.4 Å². The van der Waals surface area contributed by atoms with Crippen LogP contribution in [0.4, 0.5) is 5.82 Å². The number of sulfonamides is 1. The summed E-state index contributed by atoms with van der Waals surface area (Å²) in [6.45, 7) is 6.14. The van der Waals surface area contributed by atoms with Crippen LogP contribution in [0.5, 0.6) is 0 Å². The molecular formula is C20H26N4O2S. The number of aryl methyl sites for hydroxylation is 1. The first-order valence-electron chi connectivity index (χ1n) is 9.56. The van der Waals surface area contributed by atoms with Gasteiger partial charge in [-0.3, -0.25) is 0 Å². The molecule has 2 fully saturated rings. The zero-order chi connectivity index (χ0) is 18.9. The lowest BCUT2D eigenvalue weighted by molar-refractivity contribution is 0.395. The van der Waals surface area contributed by atoms with Crippen LogP contribution in [-0.2, 0) is 10.0 Å². The standard InChI is InChI=1S/C20H26N4O2S/c1-16-6-8-17(9-7-16)27(25,26)24-13-3-5-19(24)18-4-2-10-22-20(18)23-14-11-21-12-15-23/h2,4,6-10,19,21H,3,5,11-15H2,1H3/t19-/m0/s1. The summed E-state index contributed by atoms with van der Waals surface area (Å²) in [7, 11) is -3.53. The Labute approximate surface area is 161 Å². The van der Waals surface area contributed by atoms with Crippen molar-refractivity contribution in [1.29, 1.82) is 0 Å². The maximum Gasteiger partial charge on any atom is 0.243 e. The van der Waals surface area contributed by atoms with E-state index in [-0.39, 0.29) is 6.04 Å². The van der Waals surface area contributed by atoms with Crippen molar-refractivity contribution in [3.8, 4) is 0 Å². The molecule has 4 rings (SSSR count). The monoisotopic (exact) mass is 386 g/mol. The van der Waals surface area contributed by atoms with Crippen LogP contribution in [0.15, 0.2) is 47.5 Å². The van der Waals surface area contributed by atoms with Gasteiger partial charge < -0.3 is 10.2 Å². The third-order valence-electron chi connectivity index (χ3n) is 5.42. The number of nitrogens with one attached hydrogen (secondary N) is 1. The zero-order valence-corrected chi connectivity index (χ0v) is 16.5. The number of hydrogen-bond acceptors (Lipinski definition) is 5. The van der Waals surface area contributed by atoms with Crippen LogP contribution in [0, 0.1) is 6.92 Å². The summed E-state index contributed by atoms with van der Waals surface area (Å²) in [4.78, 5) is 7.26. The number of anilines is 1. The molecule has 2 saturated heterocycles. The largest absolute Gasteiger partial charge is 0.354 e. The van der Waals surface area contributed by atoms with Gasteiger partial charge in [0.25, 0.3) is 0 Å². The topological polar surface area (TPSA) is 65.5 Å². The number of rotatable bonds is 4. The number of pyridine rings is 1. The van der Waals surface area contributed by atoms with Crippen LogP contribution < -0.4 is 10.2 Å². The average molecular weight is 387 g/mol. The molecule has 1 aromatic carbocycles. The third kappa shape index (κ3) is 3.59. The first-order chi connectivity index (χ1) is 13.1. The maximum absolute atomic E-state index is 13.3. The highest BCUT2D eigenvalue weighted by Gasteiger charge is 2.38. The first kappa shape index (κ1) is 18.4.